The van der Waals surface area contributed by atoms with Crippen LogP contribution in [-0.2, 0) is 9.59 Å². The number of hydrogen-bond acceptors (Lipinski definition) is 6. The van der Waals surface area contributed by atoms with Crippen molar-refractivity contribution in [3.63, 3.8) is 0 Å². The molecule has 162 valence electrons. The Balaban J connectivity index is 1.77. The van der Waals surface area contributed by atoms with Gasteiger partial charge in [0.1, 0.15) is 12.4 Å². The predicted molar refractivity (Wildman–Crippen MR) is 119 cm³/mol. The number of nitrogens with zero attached hydrogens (tertiary/aromatic N) is 1. The number of anilines is 1. The summed E-state index contributed by atoms with van der Waals surface area (Å²) in [6.45, 7) is 2.60. The molecule has 31 heavy (non-hydrogen) atoms. The molecule has 8 heteroatoms. The quantitative estimate of drug-likeness (QED) is 0.329. The number of hydrogen-bond donors (Lipinski definition) is 2. The Labute approximate surface area is 181 Å². The maximum absolute atomic E-state index is 12.0. The van der Waals surface area contributed by atoms with Gasteiger partial charge < -0.3 is 19.5 Å². The summed E-state index contributed by atoms with van der Waals surface area (Å²) in [5.74, 6) is 3.48. The highest BCUT2D eigenvalue weighted by Crippen LogP contribution is 2.27. The number of amides is 2. The first-order valence-corrected chi connectivity index (χ1v) is 9.64. The summed E-state index contributed by atoms with van der Waals surface area (Å²) in [6.07, 6.45) is 6.68. The van der Waals surface area contributed by atoms with Crippen LogP contribution >= 0.6 is 0 Å². The van der Waals surface area contributed by atoms with Crippen molar-refractivity contribution in [3.05, 3.63) is 48.0 Å². The van der Waals surface area contributed by atoms with Crippen molar-refractivity contribution in [3.8, 4) is 29.6 Å². The number of carbonyl (C=O) groups is 2. The molecule has 0 spiro atoms. The van der Waals surface area contributed by atoms with E-state index in [0.29, 0.717) is 29.4 Å². The zero-order valence-corrected chi connectivity index (χ0v) is 17.5. The Hall–Kier alpha value is -3.99. The second-order valence-electron chi connectivity index (χ2n) is 6.20. The van der Waals surface area contributed by atoms with E-state index in [1.807, 2.05) is 6.92 Å². The van der Waals surface area contributed by atoms with E-state index in [2.05, 4.69) is 21.8 Å². The number of terminal acetylenes is 1. The summed E-state index contributed by atoms with van der Waals surface area (Å²) < 4.78 is 16.0. The van der Waals surface area contributed by atoms with E-state index < -0.39 is 0 Å². The van der Waals surface area contributed by atoms with Crippen LogP contribution < -0.4 is 25.0 Å². The third-order valence-corrected chi connectivity index (χ3v) is 3.93. The smallest absolute Gasteiger partial charge is 0.240 e. The molecule has 0 saturated heterocycles. The molecule has 0 fully saturated rings. The Morgan fingerprint density at radius 1 is 1.06 bits per heavy atom. The molecule has 2 aromatic rings. The van der Waals surface area contributed by atoms with Crippen LogP contribution in [0.4, 0.5) is 5.69 Å². The lowest BCUT2D eigenvalue weighted by Gasteiger charge is -2.09. The highest BCUT2D eigenvalue weighted by Gasteiger charge is 2.08. The van der Waals surface area contributed by atoms with Gasteiger partial charge in [0.15, 0.2) is 11.5 Å². The molecule has 0 heterocycles. The lowest BCUT2D eigenvalue weighted by molar-refractivity contribution is -0.124. The number of nitrogens with one attached hydrogen (secondary N) is 2. The van der Waals surface area contributed by atoms with Crippen LogP contribution in [0.25, 0.3) is 0 Å². The molecule has 0 bridgehead atoms. The van der Waals surface area contributed by atoms with Crippen molar-refractivity contribution in [2.45, 2.75) is 19.8 Å². The van der Waals surface area contributed by atoms with E-state index in [-0.39, 0.29) is 31.3 Å². The fourth-order valence-electron chi connectivity index (χ4n) is 2.49. The van der Waals surface area contributed by atoms with Crippen LogP contribution in [0.5, 0.6) is 17.2 Å². The third-order valence-electron chi connectivity index (χ3n) is 3.93. The Kier molecular flexibility index (Phi) is 9.43. The van der Waals surface area contributed by atoms with Crippen molar-refractivity contribution in [2.24, 2.45) is 5.10 Å². The van der Waals surface area contributed by atoms with Gasteiger partial charge in [-0.25, -0.2) is 5.43 Å². The Morgan fingerprint density at radius 2 is 1.81 bits per heavy atom. The molecule has 2 rings (SSSR count). The number of ether oxygens (including phenoxy) is 3. The summed E-state index contributed by atoms with van der Waals surface area (Å²) in [5, 5.41) is 6.63. The van der Waals surface area contributed by atoms with Crippen molar-refractivity contribution >= 4 is 23.7 Å². The number of rotatable bonds is 11. The standard InChI is InChI=1S/C23H25N3O5/c1-4-14-31-20-11-6-17(15-21(20)29-3)16-24-26-23(28)13-12-22(27)25-18-7-9-19(10-8-18)30-5-2/h1,6-11,15-16H,5,12-14H2,2-3H3,(H,25,27)(H,26,28). The minimum atomic E-state index is -0.376. The second-order valence-corrected chi connectivity index (χ2v) is 6.20. The lowest BCUT2D eigenvalue weighted by Crippen LogP contribution is -2.20. The molecular formula is C23H25N3O5. The molecule has 8 nitrogen and oxygen atoms in total. The van der Waals surface area contributed by atoms with E-state index in [9.17, 15) is 9.59 Å². The number of carbonyl (C=O) groups excluding carboxylic acids is 2. The molecule has 0 aliphatic heterocycles. The molecule has 2 aromatic carbocycles. The fourth-order valence-corrected chi connectivity index (χ4v) is 2.49. The summed E-state index contributed by atoms with van der Waals surface area (Å²) in [7, 11) is 1.51. The third kappa shape index (κ3) is 8.11. The van der Waals surface area contributed by atoms with Crippen LogP contribution in [0, 0.1) is 12.3 Å². The van der Waals surface area contributed by atoms with Gasteiger partial charge in [-0.3, -0.25) is 9.59 Å². The molecule has 0 atom stereocenters. The van der Waals surface area contributed by atoms with Gasteiger partial charge in [0.2, 0.25) is 11.8 Å². The first-order valence-electron chi connectivity index (χ1n) is 9.64. The molecule has 0 saturated carbocycles. The number of benzene rings is 2. The first-order chi connectivity index (χ1) is 15.0. The van der Waals surface area contributed by atoms with Gasteiger partial charge in [-0.05, 0) is 55.0 Å². The number of hydrazone groups is 1. The van der Waals surface area contributed by atoms with Crippen molar-refractivity contribution in [1.82, 2.24) is 5.43 Å². The van der Waals surface area contributed by atoms with Gasteiger partial charge in [0.25, 0.3) is 0 Å². The molecule has 2 N–H and O–H groups in total. The predicted octanol–water partition coefficient (Wildman–Crippen LogP) is 2.97. The van der Waals surface area contributed by atoms with Gasteiger partial charge in [0, 0.05) is 18.5 Å². The second kappa shape index (κ2) is 12.5. The van der Waals surface area contributed by atoms with Gasteiger partial charge in [-0.1, -0.05) is 5.92 Å². The van der Waals surface area contributed by atoms with E-state index >= 15 is 0 Å². The largest absolute Gasteiger partial charge is 0.494 e. The van der Waals surface area contributed by atoms with Crippen LogP contribution in [0.2, 0.25) is 0 Å². The van der Waals surface area contributed by atoms with Gasteiger partial charge >= 0.3 is 0 Å². The van der Waals surface area contributed by atoms with Crippen molar-refractivity contribution in [2.75, 3.05) is 25.6 Å². The van der Waals surface area contributed by atoms with Crippen molar-refractivity contribution < 1.29 is 23.8 Å². The molecule has 2 amide bonds. The highest BCUT2D eigenvalue weighted by atomic mass is 16.5. The Morgan fingerprint density at radius 3 is 2.48 bits per heavy atom. The molecule has 0 aromatic heterocycles. The van der Waals surface area contributed by atoms with Crippen LogP contribution in [-0.4, -0.2) is 38.4 Å². The summed E-state index contributed by atoms with van der Waals surface area (Å²) >= 11 is 0. The van der Waals surface area contributed by atoms with E-state index in [1.165, 1.54) is 13.3 Å². The SMILES string of the molecule is C#CCOc1ccc(C=NNC(=O)CCC(=O)Nc2ccc(OCC)cc2)cc1OC. The summed E-state index contributed by atoms with van der Waals surface area (Å²) in [6, 6.07) is 12.2. The average molecular weight is 423 g/mol. The van der Waals surface area contributed by atoms with E-state index in [0.717, 1.165) is 5.75 Å². The van der Waals surface area contributed by atoms with Gasteiger partial charge in [-0.15, -0.1) is 6.42 Å². The van der Waals surface area contributed by atoms with Gasteiger partial charge in [0.05, 0.1) is 19.9 Å². The fraction of sp³-hybridized carbons (Fsp3) is 0.261. The summed E-state index contributed by atoms with van der Waals surface area (Å²) in [5.41, 5.74) is 3.72. The average Bonchev–Trinajstić information content (AvgIpc) is 2.78. The molecule has 0 radical (unpaired) electrons. The normalized spacial score (nSPS) is 10.2. The monoisotopic (exact) mass is 423 g/mol. The minimum absolute atomic E-state index is 0.00237. The maximum Gasteiger partial charge on any atom is 0.240 e. The van der Waals surface area contributed by atoms with Gasteiger partial charge in [-0.2, -0.15) is 5.10 Å². The molecule has 0 aliphatic carbocycles. The highest BCUT2D eigenvalue weighted by molar-refractivity contribution is 5.93. The first kappa shape index (κ1) is 23.3. The van der Waals surface area contributed by atoms with E-state index in [4.69, 9.17) is 20.6 Å². The summed E-state index contributed by atoms with van der Waals surface area (Å²) in [4.78, 5) is 23.9. The molecule has 0 unspecified atom stereocenters. The number of methoxy groups -OCH3 is 1. The van der Waals surface area contributed by atoms with Crippen LogP contribution in [0.15, 0.2) is 47.6 Å². The lowest BCUT2D eigenvalue weighted by atomic mass is 10.2. The van der Waals surface area contributed by atoms with Crippen LogP contribution in [0.3, 0.4) is 0 Å². The zero-order valence-electron chi connectivity index (χ0n) is 17.5. The van der Waals surface area contributed by atoms with Crippen molar-refractivity contribution in [1.29, 1.82) is 0 Å². The maximum atomic E-state index is 12.0. The zero-order chi connectivity index (χ0) is 22.5. The topological polar surface area (TPSA) is 98.2 Å². The minimum Gasteiger partial charge on any atom is -0.494 e. The molecular weight excluding hydrogens is 398 g/mol. The molecule has 0 aliphatic rings. The van der Waals surface area contributed by atoms with Crippen LogP contribution in [0.1, 0.15) is 25.3 Å². The Bertz CT molecular complexity index is 949. The van der Waals surface area contributed by atoms with E-state index in [1.54, 1.807) is 42.5 Å².